The van der Waals surface area contributed by atoms with Crippen LogP contribution in [0.4, 0.5) is 26.0 Å². The molecule has 1 atom stereocenters. The fraction of sp³-hybridized carbons (Fsp3) is 0.412. The van der Waals surface area contributed by atoms with Gasteiger partial charge in [-0.15, -0.1) is 0 Å². The number of rotatable bonds is 8. The van der Waals surface area contributed by atoms with E-state index in [0.717, 1.165) is 86.0 Å². The van der Waals surface area contributed by atoms with E-state index in [0.29, 0.717) is 42.6 Å². The largest absolute Gasteiger partial charge is 0.381 e. The van der Waals surface area contributed by atoms with Gasteiger partial charge in [-0.3, -0.25) is 14.8 Å². The first-order valence-electron chi connectivity index (χ1n) is 15.9. The predicted molar refractivity (Wildman–Crippen MR) is 172 cm³/mol. The van der Waals surface area contributed by atoms with Gasteiger partial charge in [0.2, 0.25) is 0 Å². The average molecular weight is 616 g/mol. The maximum Gasteiger partial charge on any atom is 0.258 e. The Hall–Kier alpha value is -4.06. The number of aromatic amines is 1. The van der Waals surface area contributed by atoms with Crippen molar-refractivity contribution < 1.29 is 18.3 Å². The number of hydrogen-bond acceptors (Lipinski definition) is 7. The lowest BCUT2D eigenvalue weighted by atomic mass is 10.0. The van der Waals surface area contributed by atoms with Crippen LogP contribution in [-0.2, 0) is 11.2 Å². The van der Waals surface area contributed by atoms with E-state index >= 15 is 0 Å². The molecule has 1 unspecified atom stereocenters. The fourth-order valence-electron chi connectivity index (χ4n) is 6.79. The standard InChI is InChI=1S/C34H39F2N7O2/c35-24-16-23(17-25(36)19-24)15-22-1-4-31-30(18-22)33(41-40-31)39-34(44)29-3-2-27(20-32(29)38-26-6-13-45-14-7-26)42-9-11-43(12-10-42)28-5-8-37-21-28/h1-4,16-20,26,28,37-38H,5-15,21H2,(H2,39,40,41,44). The van der Waals surface area contributed by atoms with Crippen LogP contribution in [-0.4, -0.2) is 85.6 Å². The van der Waals surface area contributed by atoms with Crippen molar-refractivity contribution in [2.75, 3.05) is 68.0 Å². The molecule has 3 saturated heterocycles. The summed E-state index contributed by atoms with van der Waals surface area (Å²) in [4.78, 5) is 18.8. The molecule has 11 heteroatoms. The normalized spacial score (nSPS) is 19.7. The van der Waals surface area contributed by atoms with Crippen LogP contribution in [0.2, 0.25) is 0 Å². The topological polar surface area (TPSA) is 97.6 Å². The third kappa shape index (κ3) is 6.80. The van der Waals surface area contributed by atoms with E-state index in [1.807, 2.05) is 30.3 Å². The lowest BCUT2D eigenvalue weighted by molar-refractivity contribution is 0.0904. The minimum Gasteiger partial charge on any atom is -0.381 e. The molecule has 0 bridgehead atoms. The maximum atomic E-state index is 13.8. The number of piperazine rings is 1. The van der Waals surface area contributed by atoms with Crippen LogP contribution < -0.4 is 20.9 Å². The Bertz CT molecular complexity index is 1640. The Morgan fingerprint density at radius 3 is 2.49 bits per heavy atom. The summed E-state index contributed by atoms with van der Waals surface area (Å²) in [6.07, 6.45) is 3.31. The number of halogens is 2. The molecule has 0 spiro atoms. The van der Waals surface area contributed by atoms with Crippen LogP contribution >= 0.6 is 0 Å². The summed E-state index contributed by atoms with van der Waals surface area (Å²) >= 11 is 0. The molecule has 0 saturated carbocycles. The Balaban J connectivity index is 1.11. The molecule has 236 valence electrons. The second-order valence-corrected chi connectivity index (χ2v) is 12.3. The van der Waals surface area contributed by atoms with Crippen LogP contribution in [0.1, 0.15) is 40.7 Å². The van der Waals surface area contributed by atoms with Crippen LogP contribution in [0, 0.1) is 11.6 Å². The Labute approximate surface area is 261 Å². The van der Waals surface area contributed by atoms with Gasteiger partial charge in [-0.1, -0.05) is 6.07 Å². The molecule has 1 aromatic heterocycles. The van der Waals surface area contributed by atoms with Crippen LogP contribution in [0.15, 0.2) is 54.6 Å². The molecule has 3 aliphatic heterocycles. The smallest absolute Gasteiger partial charge is 0.258 e. The van der Waals surface area contributed by atoms with E-state index in [4.69, 9.17) is 4.74 Å². The number of amides is 1. The number of nitrogens with zero attached hydrogens (tertiary/aromatic N) is 3. The van der Waals surface area contributed by atoms with E-state index < -0.39 is 11.6 Å². The second-order valence-electron chi connectivity index (χ2n) is 12.3. The van der Waals surface area contributed by atoms with Crippen LogP contribution in [0.5, 0.6) is 0 Å². The molecular weight excluding hydrogens is 576 g/mol. The minimum absolute atomic E-state index is 0.216. The molecule has 4 aromatic rings. The van der Waals surface area contributed by atoms with Gasteiger partial charge in [0.05, 0.1) is 11.1 Å². The van der Waals surface area contributed by atoms with Crippen LogP contribution in [0.25, 0.3) is 10.9 Å². The van der Waals surface area contributed by atoms with Gasteiger partial charge in [0, 0.05) is 80.8 Å². The van der Waals surface area contributed by atoms with E-state index in [1.54, 1.807) is 0 Å². The molecule has 0 radical (unpaired) electrons. The third-order valence-corrected chi connectivity index (χ3v) is 9.25. The molecular formula is C34H39F2N7O2. The van der Waals surface area contributed by atoms with E-state index in [1.165, 1.54) is 18.6 Å². The van der Waals surface area contributed by atoms with E-state index in [9.17, 15) is 13.6 Å². The molecule has 4 N–H and O–H groups in total. The molecule has 9 nitrogen and oxygen atoms in total. The molecule has 3 aliphatic rings. The van der Waals surface area contributed by atoms with Crippen molar-refractivity contribution >= 4 is 34.0 Å². The highest BCUT2D eigenvalue weighted by Gasteiger charge is 2.27. The number of hydrogen-bond donors (Lipinski definition) is 4. The number of carbonyl (C=O) groups excluding carboxylic acids is 1. The third-order valence-electron chi connectivity index (χ3n) is 9.25. The summed E-state index contributed by atoms with van der Waals surface area (Å²) in [5.41, 5.74) is 4.58. The second kappa shape index (κ2) is 13.1. The molecule has 1 amide bonds. The van der Waals surface area contributed by atoms with Gasteiger partial charge in [-0.25, -0.2) is 8.78 Å². The summed E-state index contributed by atoms with van der Waals surface area (Å²) in [6.45, 7) is 7.51. The van der Waals surface area contributed by atoms with Crippen molar-refractivity contribution in [1.82, 2.24) is 20.4 Å². The van der Waals surface area contributed by atoms with Gasteiger partial charge >= 0.3 is 0 Å². The predicted octanol–water partition coefficient (Wildman–Crippen LogP) is 4.76. The number of carbonyl (C=O) groups is 1. The highest BCUT2D eigenvalue weighted by atomic mass is 19.1. The quantitative estimate of drug-likeness (QED) is 0.227. The minimum atomic E-state index is -0.609. The van der Waals surface area contributed by atoms with Gasteiger partial charge in [0.1, 0.15) is 11.6 Å². The summed E-state index contributed by atoms with van der Waals surface area (Å²) in [5, 5.41) is 18.2. The van der Waals surface area contributed by atoms with Crippen molar-refractivity contribution in [3.05, 3.63) is 82.9 Å². The maximum absolute atomic E-state index is 13.8. The van der Waals surface area contributed by atoms with Gasteiger partial charge in [0.25, 0.3) is 5.91 Å². The molecule has 3 aromatic carbocycles. The highest BCUT2D eigenvalue weighted by Crippen LogP contribution is 2.30. The molecule has 4 heterocycles. The average Bonchev–Trinajstić information content (AvgIpc) is 3.72. The van der Waals surface area contributed by atoms with Crippen molar-refractivity contribution in [2.45, 2.75) is 37.8 Å². The number of anilines is 3. The Morgan fingerprint density at radius 2 is 1.73 bits per heavy atom. The van der Waals surface area contributed by atoms with Gasteiger partial charge in [-0.05, 0) is 85.8 Å². The Morgan fingerprint density at radius 1 is 0.933 bits per heavy atom. The number of H-pyrrole nitrogens is 1. The van der Waals surface area contributed by atoms with E-state index in [2.05, 4.69) is 42.0 Å². The summed E-state index contributed by atoms with van der Waals surface area (Å²) in [5.74, 6) is -1.08. The summed E-state index contributed by atoms with van der Waals surface area (Å²) in [6, 6.07) is 16.0. The molecule has 7 rings (SSSR count). The monoisotopic (exact) mass is 615 g/mol. The first-order chi connectivity index (χ1) is 22.0. The number of benzene rings is 3. The molecule has 3 fully saturated rings. The lowest BCUT2D eigenvalue weighted by Crippen LogP contribution is -2.51. The first kappa shape index (κ1) is 29.6. The van der Waals surface area contributed by atoms with E-state index in [-0.39, 0.29) is 11.9 Å². The number of nitrogens with one attached hydrogen (secondary N) is 4. The summed E-state index contributed by atoms with van der Waals surface area (Å²) < 4.78 is 33.1. The zero-order valence-electron chi connectivity index (χ0n) is 25.3. The zero-order valence-corrected chi connectivity index (χ0v) is 25.3. The molecule has 45 heavy (non-hydrogen) atoms. The Kier molecular flexibility index (Phi) is 8.64. The molecule has 0 aliphatic carbocycles. The highest BCUT2D eigenvalue weighted by molar-refractivity contribution is 6.11. The summed E-state index contributed by atoms with van der Waals surface area (Å²) in [7, 11) is 0. The number of fused-ring (bicyclic) bond motifs is 1. The van der Waals surface area contributed by atoms with Gasteiger partial charge < -0.3 is 25.6 Å². The SMILES string of the molecule is O=C(Nc1n[nH]c2ccc(Cc3cc(F)cc(F)c3)cc12)c1ccc(N2CCN(C3CCNC3)CC2)cc1NC1CCOCC1. The first-order valence-corrected chi connectivity index (χ1v) is 15.9. The van der Waals surface area contributed by atoms with Crippen molar-refractivity contribution in [2.24, 2.45) is 0 Å². The van der Waals surface area contributed by atoms with Crippen molar-refractivity contribution in [1.29, 1.82) is 0 Å². The fourth-order valence-corrected chi connectivity index (χ4v) is 6.79. The van der Waals surface area contributed by atoms with Gasteiger partial charge in [-0.2, -0.15) is 5.10 Å². The lowest BCUT2D eigenvalue weighted by Gasteiger charge is -2.39. The van der Waals surface area contributed by atoms with Gasteiger partial charge in [0.15, 0.2) is 5.82 Å². The van der Waals surface area contributed by atoms with Crippen molar-refractivity contribution in [3.63, 3.8) is 0 Å². The van der Waals surface area contributed by atoms with Crippen molar-refractivity contribution in [3.8, 4) is 0 Å². The zero-order chi connectivity index (χ0) is 30.8. The van der Waals surface area contributed by atoms with Crippen LogP contribution in [0.3, 0.4) is 0 Å². The number of aromatic nitrogens is 2. The number of ether oxygens (including phenoxy) is 1.